The number of amides is 3. The Balaban J connectivity index is 1.67. The summed E-state index contributed by atoms with van der Waals surface area (Å²) in [6.07, 6.45) is 1.64. The van der Waals surface area contributed by atoms with Crippen LogP contribution < -0.4 is 16.2 Å². The molecule has 1 atom stereocenters. The molecular weight excluding hydrogens is 366 g/mol. The van der Waals surface area contributed by atoms with Crippen LogP contribution in [-0.2, 0) is 11.2 Å². The lowest BCUT2D eigenvalue weighted by atomic mass is 10.1. The molecule has 0 spiro atoms. The van der Waals surface area contributed by atoms with E-state index in [0.717, 1.165) is 5.56 Å². The fraction of sp³-hybridized carbons (Fsp3) is 0.105. The first-order valence-corrected chi connectivity index (χ1v) is 9.03. The fourth-order valence-electron chi connectivity index (χ4n) is 2.37. The molecule has 8 heteroatoms. The summed E-state index contributed by atoms with van der Waals surface area (Å²) in [5.74, 6) is -1.37. The number of carbonyl (C=O) groups is 3. The smallest absolute Gasteiger partial charge is 0.287 e. The maximum atomic E-state index is 12.6. The Hall–Kier alpha value is -3.39. The van der Waals surface area contributed by atoms with Gasteiger partial charge in [-0.25, -0.2) is 0 Å². The molecule has 0 unspecified atom stereocenters. The van der Waals surface area contributed by atoms with Crippen LogP contribution in [0.15, 0.2) is 70.7 Å². The first kappa shape index (κ1) is 18.4. The molecule has 27 heavy (non-hydrogen) atoms. The second kappa shape index (κ2) is 8.81. The molecule has 1 aromatic carbocycles. The summed E-state index contributed by atoms with van der Waals surface area (Å²) in [5.41, 5.74) is 5.58. The van der Waals surface area contributed by atoms with E-state index >= 15 is 0 Å². The molecule has 3 rings (SSSR count). The van der Waals surface area contributed by atoms with E-state index in [1.165, 1.54) is 23.7 Å². The lowest BCUT2D eigenvalue weighted by Gasteiger charge is -2.18. The van der Waals surface area contributed by atoms with E-state index in [1.807, 2.05) is 30.3 Å². The third-order valence-electron chi connectivity index (χ3n) is 3.69. The number of hydrogen-bond acceptors (Lipinski definition) is 5. The van der Waals surface area contributed by atoms with Crippen molar-refractivity contribution >= 4 is 29.1 Å². The molecule has 0 saturated heterocycles. The highest BCUT2D eigenvalue weighted by Gasteiger charge is 2.23. The quantitative estimate of drug-likeness (QED) is 0.568. The fourth-order valence-corrected chi connectivity index (χ4v) is 2.99. The lowest BCUT2D eigenvalue weighted by Crippen LogP contribution is -2.53. The zero-order valence-corrected chi connectivity index (χ0v) is 15.0. The molecule has 3 N–H and O–H groups in total. The number of benzene rings is 1. The van der Waals surface area contributed by atoms with Gasteiger partial charge in [0.2, 0.25) is 0 Å². The van der Waals surface area contributed by atoms with Gasteiger partial charge in [-0.3, -0.25) is 25.2 Å². The Morgan fingerprint density at radius 1 is 0.926 bits per heavy atom. The van der Waals surface area contributed by atoms with Gasteiger partial charge in [0, 0.05) is 6.42 Å². The van der Waals surface area contributed by atoms with Gasteiger partial charge in [-0.2, -0.15) is 0 Å². The van der Waals surface area contributed by atoms with Crippen molar-refractivity contribution in [3.63, 3.8) is 0 Å². The Labute approximate surface area is 159 Å². The topological polar surface area (TPSA) is 100 Å². The SMILES string of the molecule is O=C(N[C@H](Cc1ccccc1)C(=O)NNC(=O)c1cccs1)c1ccco1. The van der Waals surface area contributed by atoms with Crippen LogP contribution in [-0.4, -0.2) is 23.8 Å². The van der Waals surface area contributed by atoms with Gasteiger partial charge in [0.05, 0.1) is 11.1 Å². The molecular formula is C19H17N3O4S. The number of hydrazine groups is 1. The second-order valence-corrected chi connectivity index (χ2v) is 6.56. The van der Waals surface area contributed by atoms with E-state index in [2.05, 4.69) is 16.2 Å². The molecule has 0 fully saturated rings. The standard InChI is InChI=1S/C19H17N3O4S/c23-17(21-22-19(25)16-9-5-11-27-16)14(12-13-6-2-1-3-7-13)20-18(24)15-8-4-10-26-15/h1-11,14H,12H2,(H,20,24)(H,21,23)(H,22,25)/t14-/m1/s1. The van der Waals surface area contributed by atoms with Crippen molar-refractivity contribution in [2.45, 2.75) is 12.5 Å². The molecule has 2 aromatic heterocycles. The number of rotatable bonds is 6. The van der Waals surface area contributed by atoms with Crippen LogP contribution in [0.25, 0.3) is 0 Å². The van der Waals surface area contributed by atoms with Gasteiger partial charge >= 0.3 is 0 Å². The third kappa shape index (κ3) is 5.05. The highest BCUT2D eigenvalue weighted by molar-refractivity contribution is 7.12. The predicted octanol–water partition coefficient (Wildman–Crippen LogP) is 2.14. The number of nitrogens with one attached hydrogen (secondary N) is 3. The van der Waals surface area contributed by atoms with Crippen LogP contribution in [0.4, 0.5) is 0 Å². The second-order valence-electron chi connectivity index (χ2n) is 5.61. The van der Waals surface area contributed by atoms with Gasteiger partial charge in [-0.15, -0.1) is 11.3 Å². The lowest BCUT2D eigenvalue weighted by molar-refractivity contribution is -0.123. The number of carbonyl (C=O) groups excluding carboxylic acids is 3. The Bertz CT molecular complexity index is 892. The van der Waals surface area contributed by atoms with E-state index in [9.17, 15) is 14.4 Å². The Morgan fingerprint density at radius 3 is 2.41 bits per heavy atom. The van der Waals surface area contributed by atoms with Crippen molar-refractivity contribution in [3.8, 4) is 0 Å². The average molecular weight is 383 g/mol. The van der Waals surface area contributed by atoms with E-state index < -0.39 is 23.8 Å². The molecule has 3 amide bonds. The van der Waals surface area contributed by atoms with Gasteiger partial charge in [0.1, 0.15) is 6.04 Å². The van der Waals surface area contributed by atoms with Gasteiger partial charge in [-0.1, -0.05) is 36.4 Å². The molecule has 3 aromatic rings. The minimum Gasteiger partial charge on any atom is -0.459 e. The molecule has 0 saturated carbocycles. The molecule has 0 aliphatic heterocycles. The maximum Gasteiger partial charge on any atom is 0.287 e. The minimum atomic E-state index is -0.895. The highest BCUT2D eigenvalue weighted by Crippen LogP contribution is 2.08. The molecule has 0 radical (unpaired) electrons. The number of thiophene rings is 1. The molecule has 7 nitrogen and oxygen atoms in total. The van der Waals surface area contributed by atoms with Crippen molar-refractivity contribution in [1.29, 1.82) is 0 Å². The monoisotopic (exact) mass is 383 g/mol. The van der Waals surface area contributed by atoms with Crippen LogP contribution in [0, 0.1) is 0 Å². The first-order chi connectivity index (χ1) is 13.1. The molecule has 0 bridgehead atoms. The van der Waals surface area contributed by atoms with Crippen LogP contribution in [0.5, 0.6) is 0 Å². The summed E-state index contributed by atoms with van der Waals surface area (Å²) in [6.45, 7) is 0. The van der Waals surface area contributed by atoms with E-state index in [-0.39, 0.29) is 12.2 Å². The molecule has 138 valence electrons. The summed E-state index contributed by atoms with van der Waals surface area (Å²) >= 11 is 1.26. The highest BCUT2D eigenvalue weighted by atomic mass is 32.1. The summed E-state index contributed by atoms with van der Waals surface area (Å²) in [7, 11) is 0. The van der Waals surface area contributed by atoms with E-state index in [0.29, 0.717) is 4.88 Å². The van der Waals surface area contributed by atoms with Crippen LogP contribution in [0.2, 0.25) is 0 Å². The van der Waals surface area contributed by atoms with Gasteiger partial charge in [0.25, 0.3) is 17.7 Å². The normalized spacial score (nSPS) is 11.4. The van der Waals surface area contributed by atoms with Gasteiger partial charge < -0.3 is 9.73 Å². The number of furan rings is 1. The largest absolute Gasteiger partial charge is 0.459 e. The van der Waals surface area contributed by atoms with Gasteiger partial charge in [-0.05, 0) is 29.1 Å². The first-order valence-electron chi connectivity index (χ1n) is 8.15. The van der Waals surface area contributed by atoms with Crippen LogP contribution >= 0.6 is 11.3 Å². The minimum absolute atomic E-state index is 0.100. The average Bonchev–Trinajstić information content (AvgIpc) is 3.40. The summed E-state index contributed by atoms with van der Waals surface area (Å²) in [4.78, 5) is 37.3. The van der Waals surface area contributed by atoms with Crippen molar-refractivity contribution in [3.05, 3.63) is 82.4 Å². The molecule has 0 aliphatic rings. The molecule has 2 heterocycles. The van der Waals surface area contributed by atoms with Crippen molar-refractivity contribution < 1.29 is 18.8 Å². The zero-order chi connectivity index (χ0) is 19.1. The van der Waals surface area contributed by atoms with Gasteiger partial charge in [0.15, 0.2) is 5.76 Å². The van der Waals surface area contributed by atoms with Crippen molar-refractivity contribution in [2.24, 2.45) is 0 Å². The van der Waals surface area contributed by atoms with E-state index in [4.69, 9.17) is 4.42 Å². The number of hydrogen-bond donors (Lipinski definition) is 3. The zero-order valence-electron chi connectivity index (χ0n) is 14.2. The Kier molecular flexibility index (Phi) is 6.01. The van der Waals surface area contributed by atoms with Crippen molar-refractivity contribution in [1.82, 2.24) is 16.2 Å². The predicted molar refractivity (Wildman–Crippen MR) is 100 cm³/mol. The summed E-state index contributed by atoms with van der Waals surface area (Å²) < 4.78 is 5.06. The van der Waals surface area contributed by atoms with Crippen molar-refractivity contribution in [2.75, 3.05) is 0 Å². The summed E-state index contributed by atoms with van der Waals surface area (Å²) in [6, 6.07) is 14.8. The van der Waals surface area contributed by atoms with E-state index in [1.54, 1.807) is 23.6 Å². The third-order valence-corrected chi connectivity index (χ3v) is 4.56. The van der Waals surface area contributed by atoms with Crippen LogP contribution in [0.1, 0.15) is 25.8 Å². The molecule has 0 aliphatic carbocycles. The maximum absolute atomic E-state index is 12.6. The van der Waals surface area contributed by atoms with Crippen LogP contribution in [0.3, 0.4) is 0 Å². The summed E-state index contributed by atoms with van der Waals surface area (Å²) in [5, 5.41) is 4.40. The Morgan fingerprint density at radius 2 is 1.74 bits per heavy atom.